The van der Waals surface area contributed by atoms with E-state index < -0.39 is 154 Å². The molecule has 10 atom stereocenters. The molecule has 2 saturated heterocycles. The zero-order chi connectivity index (χ0) is 75.0. The molecular weight excluding hydrogens is 1420 g/mol. The summed E-state index contributed by atoms with van der Waals surface area (Å²) in [5.74, 6) is -41.9. The van der Waals surface area contributed by atoms with Crippen molar-refractivity contribution in [3.8, 4) is 11.5 Å². The van der Waals surface area contributed by atoms with Gasteiger partial charge in [-0.25, -0.2) is 19.2 Å². The highest BCUT2D eigenvalue weighted by Crippen LogP contribution is 2.61. The van der Waals surface area contributed by atoms with E-state index in [9.17, 15) is 76.3 Å². The van der Waals surface area contributed by atoms with Crippen molar-refractivity contribution in [2.24, 2.45) is 0 Å². The Hall–Kier alpha value is -9.91. The zero-order valence-corrected chi connectivity index (χ0v) is 54.9. The molecule has 8 aromatic carbocycles. The fraction of sp³-hybridized carbons (Fsp3) is 0.316. The third kappa shape index (κ3) is 18.8. The van der Waals surface area contributed by atoms with Crippen molar-refractivity contribution < 1.29 is 133 Å². The highest BCUT2D eigenvalue weighted by molar-refractivity contribution is 5.91. The Labute approximate surface area is 591 Å². The van der Waals surface area contributed by atoms with Gasteiger partial charge in [0.25, 0.3) is 0 Å². The Morgan fingerprint density at radius 3 is 1.14 bits per heavy atom. The maximum absolute atomic E-state index is 14.7. The van der Waals surface area contributed by atoms with Crippen LogP contribution in [-0.2, 0) is 67.2 Å². The molecule has 10 rings (SSSR count). The van der Waals surface area contributed by atoms with E-state index in [0.29, 0.717) is 16.7 Å². The van der Waals surface area contributed by atoms with Crippen molar-refractivity contribution in [3.05, 3.63) is 276 Å². The van der Waals surface area contributed by atoms with Gasteiger partial charge < -0.3 is 56.8 Å². The Morgan fingerprint density at radius 1 is 0.333 bits per heavy atom. The number of carbonyl (C=O) groups excluding carboxylic acids is 4. The fourth-order valence-corrected chi connectivity index (χ4v) is 11.0. The predicted molar refractivity (Wildman–Crippen MR) is 345 cm³/mol. The van der Waals surface area contributed by atoms with Crippen LogP contribution in [-0.4, -0.2) is 141 Å². The van der Waals surface area contributed by atoms with Crippen LogP contribution >= 0.6 is 0 Å². The van der Waals surface area contributed by atoms with E-state index in [4.69, 9.17) is 56.8 Å². The normalized spacial score (nSPS) is 21.0. The molecule has 556 valence electrons. The van der Waals surface area contributed by atoms with Crippen molar-refractivity contribution in [2.45, 2.75) is 130 Å². The summed E-state index contributed by atoms with van der Waals surface area (Å²) < 4.78 is 258. The molecule has 0 N–H and O–H groups in total. The van der Waals surface area contributed by atoms with Gasteiger partial charge in [0.2, 0.25) is 6.29 Å². The maximum Gasteiger partial charge on any atom is 0.460 e. The minimum Gasteiger partial charge on any atom is -0.494 e. The summed E-state index contributed by atoms with van der Waals surface area (Å²) in [7, 11) is 0. The van der Waals surface area contributed by atoms with Gasteiger partial charge in [-0.1, -0.05) is 164 Å². The lowest BCUT2D eigenvalue weighted by Crippen LogP contribution is -2.70. The smallest absolute Gasteiger partial charge is 0.460 e. The van der Waals surface area contributed by atoms with Crippen LogP contribution in [0.15, 0.2) is 237 Å². The molecule has 0 saturated carbocycles. The summed E-state index contributed by atoms with van der Waals surface area (Å²) in [5.41, 5.74) is 2.06. The number of alkyl halides is 13. The second-order valence-electron chi connectivity index (χ2n) is 23.9. The molecule has 8 aromatic rings. The Morgan fingerprint density at radius 2 is 0.695 bits per heavy atom. The fourth-order valence-electron chi connectivity index (χ4n) is 11.0. The topological polar surface area (TPSA) is 179 Å². The standard InChI is InChI=1S/C76H65F13O16/c77-71(78,72(79,80)73(81,82)74(83,84)75(85,86)76(87,88)89)41-22-42-94-55-37-39-56(40-38-55)100-70-63(97-45-50-27-12-3-13-28-50)61(96-44-49-25-10-2-11-26-49)59(95-43-48-23-8-1-9-24-48)57(102-70)47-99-69-64(105-68(93)54-35-20-7-21-36-54)62(104-67(92)53-33-18-6-19-34-53)60(103-66(91)52-31-16-5-17-32-52)58(101-69)46-98-65(90)51-29-14-4-15-30-51/h1-21,23-40,57-64,69-70H,22,41-47H2/t57-,58-,59-,60-,61+,62+,63-,64-,69+,70-/m1/s1. The van der Waals surface area contributed by atoms with Gasteiger partial charge in [-0.3, -0.25) is 0 Å². The number of hydrogen-bond acceptors (Lipinski definition) is 16. The number of rotatable bonds is 32. The minimum atomic E-state index is -8.05. The first-order valence-electron chi connectivity index (χ1n) is 32.4. The van der Waals surface area contributed by atoms with Crippen molar-refractivity contribution in [1.29, 1.82) is 0 Å². The monoisotopic (exact) mass is 1480 g/mol. The van der Waals surface area contributed by atoms with E-state index in [1.165, 1.54) is 60.7 Å². The van der Waals surface area contributed by atoms with E-state index in [1.54, 1.807) is 164 Å². The van der Waals surface area contributed by atoms with Gasteiger partial charge in [0, 0.05) is 6.42 Å². The van der Waals surface area contributed by atoms with Crippen LogP contribution in [0.2, 0.25) is 0 Å². The molecule has 2 fully saturated rings. The molecule has 0 bridgehead atoms. The van der Waals surface area contributed by atoms with Crippen LogP contribution in [0.25, 0.3) is 0 Å². The third-order valence-corrected chi connectivity index (χ3v) is 16.6. The SMILES string of the molecule is O=C(OC[C@H]1O[C@H](OC[C@H]2O[C@@H](Oc3ccc(OCCCC(F)(F)C(F)(F)C(F)(F)C(F)(F)C(F)(F)C(F)(F)F)cc3)[C@H](OCc3ccccc3)[C@@H](OCc3ccccc3)[C@@H]2OCc2ccccc2)[C@H](OC(=O)c2ccccc2)[C@@H](OC(=O)c2ccccc2)[C@@H]1OC(=O)c1ccccc1)c1ccccc1. The minimum absolute atomic E-state index is 0.00767. The van der Waals surface area contributed by atoms with Gasteiger partial charge in [-0.2, -0.15) is 57.1 Å². The summed E-state index contributed by atoms with van der Waals surface area (Å²) in [5, 5.41) is 0. The molecular formula is C76H65F13O16. The van der Waals surface area contributed by atoms with E-state index in [0.717, 1.165) is 12.1 Å². The molecule has 0 aliphatic carbocycles. The second-order valence-corrected chi connectivity index (χ2v) is 23.9. The average molecular weight is 1480 g/mol. The lowest BCUT2D eigenvalue weighted by molar-refractivity contribution is -0.440. The van der Waals surface area contributed by atoms with Gasteiger partial charge in [0.15, 0.2) is 24.6 Å². The van der Waals surface area contributed by atoms with Crippen LogP contribution in [0.3, 0.4) is 0 Å². The molecule has 0 unspecified atom stereocenters. The first-order valence-corrected chi connectivity index (χ1v) is 32.4. The molecule has 0 radical (unpaired) electrons. The quantitative estimate of drug-likeness (QED) is 0.0168. The summed E-state index contributed by atoms with van der Waals surface area (Å²) in [6.07, 6.45) is -27.5. The number of halogens is 13. The van der Waals surface area contributed by atoms with Gasteiger partial charge in [0.05, 0.1) is 55.3 Å². The highest BCUT2D eigenvalue weighted by atomic mass is 19.4. The average Bonchev–Trinajstić information content (AvgIpc) is 0.712. The predicted octanol–water partition coefficient (Wildman–Crippen LogP) is 15.7. The van der Waals surface area contributed by atoms with Gasteiger partial charge >= 0.3 is 59.7 Å². The lowest BCUT2D eigenvalue weighted by atomic mass is 9.92. The van der Waals surface area contributed by atoms with Gasteiger partial charge in [-0.15, -0.1) is 0 Å². The van der Waals surface area contributed by atoms with Crippen molar-refractivity contribution in [3.63, 3.8) is 0 Å². The Bertz CT molecular complexity index is 4070. The largest absolute Gasteiger partial charge is 0.494 e. The molecule has 2 aliphatic heterocycles. The van der Waals surface area contributed by atoms with Crippen LogP contribution < -0.4 is 9.47 Å². The van der Waals surface area contributed by atoms with Gasteiger partial charge in [0.1, 0.15) is 48.6 Å². The molecule has 105 heavy (non-hydrogen) atoms. The lowest BCUT2D eigenvalue weighted by Gasteiger charge is -2.47. The van der Waals surface area contributed by atoms with Crippen LogP contribution in [0, 0.1) is 0 Å². The van der Waals surface area contributed by atoms with E-state index >= 15 is 0 Å². The van der Waals surface area contributed by atoms with Gasteiger partial charge in [-0.05, 0) is 95.9 Å². The molecule has 29 heteroatoms. The van der Waals surface area contributed by atoms with Crippen LogP contribution in [0.5, 0.6) is 11.5 Å². The van der Waals surface area contributed by atoms with Crippen molar-refractivity contribution in [2.75, 3.05) is 19.8 Å². The highest BCUT2D eigenvalue weighted by Gasteiger charge is 2.90. The molecule has 0 spiro atoms. The number of esters is 4. The second kappa shape index (κ2) is 34.3. The van der Waals surface area contributed by atoms with E-state index in [-0.39, 0.29) is 53.6 Å². The molecule has 2 aliphatic rings. The Balaban J connectivity index is 1.00. The van der Waals surface area contributed by atoms with E-state index in [2.05, 4.69) is 0 Å². The van der Waals surface area contributed by atoms with E-state index in [1.807, 2.05) is 0 Å². The van der Waals surface area contributed by atoms with Crippen molar-refractivity contribution in [1.82, 2.24) is 0 Å². The number of hydrogen-bond donors (Lipinski definition) is 0. The first kappa shape index (κ1) is 77.7. The third-order valence-electron chi connectivity index (χ3n) is 16.6. The molecule has 0 aromatic heterocycles. The first-order chi connectivity index (χ1) is 50.2. The number of carbonyl (C=O) groups is 4. The number of ether oxygens (including phenoxy) is 12. The maximum atomic E-state index is 14.7. The van der Waals surface area contributed by atoms with Crippen molar-refractivity contribution >= 4 is 23.9 Å². The Kier molecular flexibility index (Phi) is 25.4. The molecule has 16 nitrogen and oxygen atoms in total. The number of benzene rings is 8. The summed E-state index contributed by atoms with van der Waals surface area (Å²) in [6, 6.07) is 61.8. The zero-order valence-electron chi connectivity index (χ0n) is 54.9. The molecule has 2 heterocycles. The summed E-state index contributed by atoms with van der Waals surface area (Å²) in [4.78, 5) is 57.2. The van der Waals surface area contributed by atoms with Crippen LogP contribution in [0.4, 0.5) is 57.1 Å². The molecule has 0 amide bonds. The summed E-state index contributed by atoms with van der Waals surface area (Å²) in [6.45, 7) is -2.87. The summed E-state index contributed by atoms with van der Waals surface area (Å²) >= 11 is 0. The van der Waals surface area contributed by atoms with Crippen LogP contribution in [0.1, 0.15) is 71.0 Å².